The second-order valence-corrected chi connectivity index (χ2v) is 7.00. The Bertz CT molecular complexity index is 568. The van der Waals surface area contributed by atoms with Crippen LogP contribution >= 0.6 is 0 Å². The summed E-state index contributed by atoms with van der Waals surface area (Å²) in [6.45, 7) is 3.04. The first-order valence-corrected chi connectivity index (χ1v) is 8.25. The standard InChI is InChI=1S/C14H22N2O3S/c1-11-9-12(10-15)3-6-14(11)20(17,18)16(7-8-19-2)13-4-5-13/h3,6,9,13H,4-5,7-8,10,15H2,1-2H3. The fraction of sp³-hybridized carbons (Fsp3) is 0.571. The zero-order chi connectivity index (χ0) is 14.8. The van der Waals surface area contributed by atoms with Gasteiger partial charge in [0.25, 0.3) is 0 Å². The predicted octanol–water partition coefficient (Wildman–Crippen LogP) is 1.25. The van der Waals surface area contributed by atoms with Gasteiger partial charge in [0.2, 0.25) is 10.0 Å². The van der Waals surface area contributed by atoms with Gasteiger partial charge in [-0.15, -0.1) is 0 Å². The van der Waals surface area contributed by atoms with E-state index in [1.807, 2.05) is 13.0 Å². The van der Waals surface area contributed by atoms with Gasteiger partial charge in [-0.1, -0.05) is 12.1 Å². The number of sulfonamides is 1. The van der Waals surface area contributed by atoms with E-state index in [1.54, 1.807) is 23.5 Å². The molecular weight excluding hydrogens is 276 g/mol. The molecule has 0 aliphatic heterocycles. The number of ether oxygens (including phenoxy) is 1. The molecule has 20 heavy (non-hydrogen) atoms. The van der Waals surface area contributed by atoms with Crippen molar-refractivity contribution >= 4 is 10.0 Å². The van der Waals surface area contributed by atoms with Crippen LogP contribution in [0.4, 0.5) is 0 Å². The van der Waals surface area contributed by atoms with Crippen molar-refractivity contribution in [2.24, 2.45) is 5.73 Å². The first kappa shape index (κ1) is 15.4. The molecule has 112 valence electrons. The fourth-order valence-electron chi connectivity index (χ4n) is 2.30. The zero-order valence-electron chi connectivity index (χ0n) is 12.0. The van der Waals surface area contributed by atoms with Gasteiger partial charge in [0, 0.05) is 26.2 Å². The molecule has 1 saturated carbocycles. The van der Waals surface area contributed by atoms with E-state index in [9.17, 15) is 8.42 Å². The average Bonchev–Trinajstić information content (AvgIpc) is 3.23. The lowest BCUT2D eigenvalue weighted by atomic mass is 10.1. The molecule has 2 N–H and O–H groups in total. The van der Waals surface area contributed by atoms with Crippen LogP contribution in [0.1, 0.15) is 24.0 Å². The van der Waals surface area contributed by atoms with Crippen molar-refractivity contribution in [1.82, 2.24) is 4.31 Å². The maximum Gasteiger partial charge on any atom is 0.243 e. The van der Waals surface area contributed by atoms with Crippen molar-refractivity contribution in [2.45, 2.75) is 37.2 Å². The zero-order valence-corrected chi connectivity index (χ0v) is 12.8. The Morgan fingerprint density at radius 2 is 2.10 bits per heavy atom. The average molecular weight is 298 g/mol. The van der Waals surface area contributed by atoms with E-state index in [0.717, 1.165) is 24.0 Å². The SMILES string of the molecule is COCCN(C1CC1)S(=O)(=O)c1ccc(CN)cc1C. The van der Waals surface area contributed by atoms with Gasteiger partial charge >= 0.3 is 0 Å². The second kappa shape index (κ2) is 6.22. The molecular formula is C14H22N2O3S. The van der Waals surface area contributed by atoms with Crippen LogP contribution in [0.3, 0.4) is 0 Å². The quantitative estimate of drug-likeness (QED) is 0.822. The van der Waals surface area contributed by atoms with Gasteiger partial charge in [-0.05, 0) is 37.0 Å². The number of nitrogens with zero attached hydrogens (tertiary/aromatic N) is 1. The van der Waals surface area contributed by atoms with E-state index in [0.29, 0.717) is 24.6 Å². The number of rotatable bonds is 7. The largest absolute Gasteiger partial charge is 0.383 e. The van der Waals surface area contributed by atoms with Crippen LogP contribution in [0.5, 0.6) is 0 Å². The van der Waals surface area contributed by atoms with Gasteiger partial charge in [0.05, 0.1) is 11.5 Å². The summed E-state index contributed by atoms with van der Waals surface area (Å²) in [5.74, 6) is 0. The lowest BCUT2D eigenvalue weighted by Gasteiger charge is -2.22. The smallest absolute Gasteiger partial charge is 0.243 e. The van der Waals surface area contributed by atoms with E-state index < -0.39 is 10.0 Å². The monoisotopic (exact) mass is 298 g/mol. The fourth-order valence-corrected chi connectivity index (χ4v) is 4.17. The van der Waals surface area contributed by atoms with Crippen LogP contribution in [-0.4, -0.2) is 39.0 Å². The molecule has 0 saturated heterocycles. The molecule has 1 aromatic carbocycles. The Labute approximate surface area is 120 Å². The Hall–Kier alpha value is -0.950. The van der Waals surface area contributed by atoms with Crippen molar-refractivity contribution in [3.63, 3.8) is 0 Å². The normalized spacial score (nSPS) is 15.8. The van der Waals surface area contributed by atoms with E-state index >= 15 is 0 Å². The maximum absolute atomic E-state index is 12.8. The van der Waals surface area contributed by atoms with Gasteiger partial charge in [-0.25, -0.2) is 8.42 Å². The maximum atomic E-state index is 12.8. The Kier molecular flexibility index (Phi) is 4.80. The number of hydrogen-bond donors (Lipinski definition) is 1. The van der Waals surface area contributed by atoms with E-state index in [-0.39, 0.29) is 6.04 Å². The minimum atomic E-state index is -3.45. The molecule has 2 rings (SSSR count). The molecule has 0 heterocycles. The summed E-state index contributed by atoms with van der Waals surface area (Å²) in [7, 11) is -1.87. The first-order chi connectivity index (χ1) is 9.50. The predicted molar refractivity (Wildman–Crippen MR) is 77.9 cm³/mol. The van der Waals surface area contributed by atoms with E-state index in [4.69, 9.17) is 10.5 Å². The van der Waals surface area contributed by atoms with E-state index in [2.05, 4.69) is 0 Å². The summed E-state index contributed by atoms with van der Waals surface area (Å²) in [6.07, 6.45) is 1.87. The summed E-state index contributed by atoms with van der Waals surface area (Å²) in [6, 6.07) is 5.41. The summed E-state index contributed by atoms with van der Waals surface area (Å²) in [5.41, 5.74) is 7.27. The van der Waals surface area contributed by atoms with Crippen LogP contribution in [-0.2, 0) is 21.3 Å². The third-order valence-corrected chi connectivity index (χ3v) is 5.64. The molecule has 1 aliphatic rings. The minimum absolute atomic E-state index is 0.128. The van der Waals surface area contributed by atoms with Crippen molar-refractivity contribution < 1.29 is 13.2 Å². The van der Waals surface area contributed by atoms with Crippen LogP contribution in [0.15, 0.2) is 23.1 Å². The Morgan fingerprint density at radius 3 is 2.60 bits per heavy atom. The van der Waals surface area contributed by atoms with Crippen LogP contribution < -0.4 is 5.73 Å². The highest BCUT2D eigenvalue weighted by Gasteiger charge is 2.38. The van der Waals surface area contributed by atoms with Gasteiger partial charge in [0.1, 0.15) is 0 Å². The number of benzene rings is 1. The van der Waals surface area contributed by atoms with Gasteiger partial charge < -0.3 is 10.5 Å². The molecule has 0 aromatic heterocycles. The highest BCUT2D eigenvalue weighted by atomic mass is 32.2. The molecule has 6 heteroatoms. The van der Waals surface area contributed by atoms with Crippen LogP contribution in [0.2, 0.25) is 0 Å². The Morgan fingerprint density at radius 1 is 1.40 bits per heavy atom. The molecule has 0 bridgehead atoms. The van der Waals surface area contributed by atoms with Crippen LogP contribution in [0, 0.1) is 6.92 Å². The van der Waals surface area contributed by atoms with Gasteiger partial charge in [-0.3, -0.25) is 0 Å². The molecule has 5 nitrogen and oxygen atoms in total. The number of methoxy groups -OCH3 is 1. The molecule has 0 radical (unpaired) electrons. The second-order valence-electron chi connectivity index (χ2n) is 5.14. The lowest BCUT2D eigenvalue weighted by molar-refractivity contribution is 0.177. The van der Waals surface area contributed by atoms with Crippen molar-refractivity contribution in [3.8, 4) is 0 Å². The van der Waals surface area contributed by atoms with E-state index in [1.165, 1.54) is 0 Å². The Balaban J connectivity index is 2.32. The van der Waals surface area contributed by atoms with Crippen LogP contribution in [0.25, 0.3) is 0 Å². The third-order valence-electron chi connectivity index (χ3n) is 3.53. The minimum Gasteiger partial charge on any atom is -0.383 e. The number of aryl methyl sites for hydroxylation is 1. The molecule has 1 fully saturated rings. The number of hydrogen-bond acceptors (Lipinski definition) is 4. The summed E-state index contributed by atoms with van der Waals surface area (Å²) in [5, 5.41) is 0. The lowest BCUT2D eigenvalue weighted by Crippen LogP contribution is -2.36. The van der Waals surface area contributed by atoms with Gasteiger partial charge in [0.15, 0.2) is 0 Å². The first-order valence-electron chi connectivity index (χ1n) is 6.81. The molecule has 0 unspecified atom stereocenters. The molecule has 0 atom stereocenters. The number of nitrogens with two attached hydrogens (primary N) is 1. The molecule has 0 amide bonds. The molecule has 0 spiro atoms. The topological polar surface area (TPSA) is 72.6 Å². The third kappa shape index (κ3) is 3.20. The van der Waals surface area contributed by atoms with Crippen molar-refractivity contribution in [1.29, 1.82) is 0 Å². The summed E-state index contributed by atoms with van der Waals surface area (Å²) < 4.78 is 32.2. The highest BCUT2D eigenvalue weighted by molar-refractivity contribution is 7.89. The van der Waals surface area contributed by atoms with Crippen molar-refractivity contribution in [3.05, 3.63) is 29.3 Å². The van der Waals surface area contributed by atoms with Gasteiger partial charge in [-0.2, -0.15) is 4.31 Å². The highest BCUT2D eigenvalue weighted by Crippen LogP contribution is 2.32. The molecule has 1 aromatic rings. The summed E-state index contributed by atoms with van der Waals surface area (Å²) >= 11 is 0. The van der Waals surface area contributed by atoms with Crippen molar-refractivity contribution in [2.75, 3.05) is 20.3 Å². The molecule has 1 aliphatic carbocycles. The summed E-state index contributed by atoms with van der Waals surface area (Å²) in [4.78, 5) is 0.373.